The van der Waals surface area contributed by atoms with Gasteiger partial charge < -0.3 is 5.11 Å². The first-order valence-electron chi connectivity index (χ1n) is 6.64. The van der Waals surface area contributed by atoms with Gasteiger partial charge in [-0.1, -0.05) is 31.8 Å². The van der Waals surface area contributed by atoms with Crippen molar-refractivity contribution in [2.24, 2.45) is 5.92 Å². The first kappa shape index (κ1) is 16.6. The molecule has 0 unspecified atom stereocenters. The first-order chi connectivity index (χ1) is 8.98. The number of non-ortho nitro benzene ring substituents is 1. The molecule has 0 saturated heterocycles. The molecule has 0 spiro atoms. The van der Waals surface area contributed by atoms with E-state index in [-0.39, 0.29) is 11.6 Å². The Bertz CT molecular complexity index is 515. The summed E-state index contributed by atoms with van der Waals surface area (Å²) in [6, 6.07) is 6.08. The van der Waals surface area contributed by atoms with Gasteiger partial charge in [-0.2, -0.15) is 0 Å². The quantitative estimate of drug-likeness (QED) is 0.509. The molecule has 0 aliphatic rings. The molecule has 0 fully saturated rings. The highest BCUT2D eigenvalue weighted by atomic mass is 28.3. The van der Waals surface area contributed by atoms with Crippen molar-refractivity contribution in [3.63, 3.8) is 0 Å². The van der Waals surface area contributed by atoms with Crippen molar-refractivity contribution >= 4 is 13.8 Å². The van der Waals surface area contributed by atoms with Crippen molar-refractivity contribution in [2.75, 3.05) is 0 Å². The molecule has 0 aliphatic heterocycles. The molecule has 110 valence electrons. The fourth-order valence-corrected chi connectivity index (χ4v) is 3.74. The lowest BCUT2D eigenvalue weighted by molar-refractivity contribution is -0.384. The SMILES string of the molecule is C=C([C@@H](C)[C@](C)(O)c1ccc([N+](=O)[O-])cc1)[Si](C)(C)C. The van der Waals surface area contributed by atoms with Gasteiger partial charge in [0.2, 0.25) is 0 Å². The Labute approximate surface area is 121 Å². The minimum Gasteiger partial charge on any atom is -0.385 e. The highest BCUT2D eigenvalue weighted by Gasteiger charge is 2.36. The standard InChI is InChI=1S/C15H23NO3Si/c1-11(12(2)20(4,5)6)15(3,17)13-7-9-14(10-8-13)16(18)19/h7-11,17H,2H2,1,3-6H3/t11-,15+/m1/s1. The fourth-order valence-electron chi connectivity index (χ4n) is 2.16. The van der Waals surface area contributed by atoms with E-state index in [0.717, 1.165) is 5.20 Å². The average molecular weight is 293 g/mol. The van der Waals surface area contributed by atoms with E-state index in [9.17, 15) is 15.2 Å². The molecule has 1 rings (SSSR count). The van der Waals surface area contributed by atoms with Crippen LogP contribution in [0.2, 0.25) is 19.6 Å². The van der Waals surface area contributed by atoms with Gasteiger partial charge in [0, 0.05) is 18.1 Å². The highest BCUT2D eigenvalue weighted by Crippen LogP contribution is 2.37. The molecule has 1 N–H and O–H groups in total. The van der Waals surface area contributed by atoms with Gasteiger partial charge in [-0.25, -0.2) is 0 Å². The van der Waals surface area contributed by atoms with E-state index in [1.54, 1.807) is 19.1 Å². The summed E-state index contributed by atoms with van der Waals surface area (Å²) in [7, 11) is -1.56. The maximum atomic E-state index is 10.8. The molecule has 0 aromatic heterocycles. The summed E-state index contributed by atoms with van der Waals surface area (Å²) in [5.74, 6) is -0.101. The molecular formula is C15H23NO3Si. The molecule has 0 bridgehead atoms. The molecule has 20 heavy (non-hydrogen) atoms. The summed E-state index contributed by atoms with van der Waals surface area (Å²) in [6.07, 6.45) is 0. The van der Waals surface area contributed by atoms with Crippen molar-refractivity contribution in [1.82, 2.24) is 0 Å². The average Bonchev–Trinajstić information content (AvgIpc) is 2.35. The smallest absolute Gasteiger partial charge is 0.269 e. The van der Waals surface area contributed by atoms with Crippen LogP contribution in [0.25, 0.3) is 0 Å². The molecule has 0 amide bonds. The van der Waals surface area contributed by atoms with Crippen LogP contribution in [0.15, 0.2) is 36.0 Å². The summed E-state index contributed by atoms with van der Waals surface area (Å²) in [4.78, 5) is 10.2. The number of hydrogen-bond acceptors (Lipinski definition) is 3. The second kappa shape index (κ2) is 5.50. The summed E-state index contributed by atoms with van der Waals surface area (Å²) in [5, 5.41) is 22.6. The molecule has 2 atom stereocenters. The van der Waals surface area contributed by atoms with Gasteiger partial charge >= 0.3 is 0 Å². The minimum absolute atomic E-state index is 0.0289. The first-order valence-corrected chi connectivity index (χ1v) is 10.1. The Kier molecular flexibility index (Phi) is 4.56. The van der Waals surface area contributed by atoms with Crippen molar-refractivity contribution < 1.29 is 10.0 Å². The number of hydrogen-bond donors (Lipinski definition) is 1. The molecule has 4 nitrogen and oxygen atoms in total. The fraction of sp³-hybridized carbons (Fsp3) is 0.467. The molecule has 1 aromatic rings. The van der Waals surface area contributed by atoms with Crippen LogP contribution in [0.1, 0.15) is 19.4 Å². The third-order valence-electron chi connectivity index (χ3n) is 3.99. The second-order valence-electron chi connectivity index (χ2n) is 6.45. The van der Waals surface area contributed by atoms with E-state index in [1.165, 1.54) is 12.1 Å². The van der Waals surface area contributed by atoms with Crippen LogP contribution in [-0.4, -0.2) is 18.1 Å². The summed E-state index contributed by atoms with van der Waals surface area (Å²) in [5.41, 5.74) is -0.372. The van der Waals surface area contributed by atoms with E-state index >= 15 is 0 Å². The van der Waals surface area contributed by atoms with E-state index in [4.69, 9.17) is 0 Å². The summed E-state index contributed by atoms with van der Waals surface area (Å²) >= 11 is 0. The van der Waals surface area contributed by atoms with Gasteiger partial charge in [0.25, 0.3) is 5.69 Å². The van der Waals surface area contributed by atoms with Crippen LogP contribution >= 0.6 is 0 Å². The van der Waals surface area contributed by atoms with Crippen LogP contribution in [-0.2, 0) is 5.60 Å². The largest absolute Gasteiger partial charge is 0.385 e. The van der Waals surface area contributed by atoms with Crippen LogP contribution in [0.5, 0.6) is 0 Å². The highest BCUT2D eigenvalue weighted by molar-refractivity contribution is 6.83. The molecule has 1 aromatic carbocycles. The zero-order valence-electron chi connectivity index (χ0n) is 12.8. The van der Waals surface area contributed by atoms with Crippen molar-refractivity contribution in [3.05, 3.63) is 51.7 Å². The predicted octanol–water partition coefficient (Wildman–Crippen LogP) is 3.87. The van der Waals surface area contributed by atoms with E-state index in [2.05, 4.69) is 26.2 Å². The van der Waals surface area contributed by atoms with E-state index < -0.39 is 18.6 Å². The molecule has 5 heteroatoms. The maximum Gasteiger partial charge on any atom is 0.269 e. The monoisotopic (exact) mass is 293 g/mol. The van der Waals surface area contributed by atoms with Gasteiger partial charge in [-0.05, 0) is 24.6 Å². The number of nitro benzene ring substituents is 1. The molecule has 0 saturated carbocycles. The Balaban J connectivity index is 3.09. The van der Waals surface area contributed by atoms with Crippen molar-refractivity contribution in [1.29, 1.82) is 0 Å². The van der Waals surface area contributed by atoms with Crippen LogP contribution < -0.4 is 0 Å². The molecule has 0 aliphatic carbocycles. The predicted molar refractivity (Wildman–Crippen MR) is 84.3 cm³/mol. The van der Waals surface area contributed by atoms with Gasteiger partial charge in [0.05, 0.1) is 18.6 Å². The number of nitro groups is 1. The lowest BCUT2D eigenvalue weighted by atomic mass is 9.84. The third kappa shape index (κ3) is 3.35. The van der Waals surface area contributed by atoms with Gasteiger partial charge in [-0.15, -0.1) is 6.58 Å². The molecule has 0 radical (unpaired) electrons. The number of nitrogens with zero attached hydrogens (tertiary/aromatic N) is 1. The number of aliphatic hydroxyl groups is 1. The summed E-state index contributed by atoms with van der Waals surface area (Å²) in [6.45, 7) is 14.4. The zero-order chi connectivity index (χ0) is 15.7. The minimum atomic E-state index is -1.56. The summed E-state index contributed by atoms with van der Waals surface area (Å²) < 4.78 is 0. The normalized spacial score (nSPS) is 16.3. The van der Waals surface area contributed by atoms with E-state index in [1.807, 2.05) is 6.92 Å². The maximum absolute atomic E-state index is 10.8. The molecular weight excluding hydrogens is 270 g/mol. The Morgan fingerprint density at radius 1 is 1.35 bits per heavy atom. The molecule has 0 heterocycles. The number of benzene rings is 1. The topological polar surface area (TPSA) is 63.4 Å². The van der Waals surface area contributed by atoms with Crippen molar-refractivity contribution in [3.8, 4) is 0 Å². The van der Waals surface area contributed by atoms with Crippen molar-refractivity contribution in [2.45, 2.75) is 39.1 Å². The van der Waals surface area contributed by atoms with Crippen LogP contribution in [0.4, 0.5) is 5.69 Å². The Morgan fingerprint density at radius 3 is 2.15 bits per heavy atom. The van der Waals surface area contributed by atoms with E-state index in [0.29, 0.717) is 5.56 Å². The zero-order valence-corrected chi connectivity index (χ0v) is 13.8. The number of rotatable bonds is 5. The van der Waals surface area contributed by atoms with Gasteiger partial charge in [-0.3, -0.25) is 10.1 Å². The van der Waals surface area contributed by atoms with Gasteiger partial charge in [0.15, 0.2) is 0 Å². The second-order valence-corrected chi connectivity index (χ2v) is 11.6. The Hall–Kier alpha value is -1.46. The Morgan fingerprint density at radius 2 is 1.80 bits per heavy atom. The third-order valence-corrected chi connectivity index (χ3v) is 6.35. The lowest BCUT2D eigenvalue weighted by Crippen LogP contribution is -2.38. The van der Waals surface area contributed by atoms with Crippen LogP contribution in [0.3, 0.4) is 0 Å². The van der Waals surface area contributed by atoms with Gasteiger partial charge in [0.1, 0.15) is 0 Å². The van der Waals surface area contributed by atoms with Crippen LogP contribution in [0, 0.1) is 16.0 Å². The lowest BCUT2D eigenvalue weighted by Gasteiger charge is -2.36.